The summed E-state index contributed by atoms with van der Waals surface area (Å²) in [6.07, 6.45) is 2.47. The highest BCUT2D eigenvalue weighted by Crippen LogP contribution is 2.19. The van der Waals surface area contributed by atoms with Crippen molar-refractivity contribution in [2.75, 3.05) is 0 Å². The predicted octanol–water partition coefficient (Wildman–Crippen LogP) is 4.07. The van der Waals surface area contributed by atoms with Gasteiger partial charge in [0.15, 0.2) is 5.78 Å². The minimum absolute atomic E-state index is 0.0410. The van der Waals surface area contributed by atoms with Crippen LogP contribution in [-0.4, -0.2) is 10.9 Å². The molecule has 2 heteroatoms. The molecule has 96 valence electrons. The van der Waals surface area contributed by atoms with E-state index >= 15 is 0 Å². The molecule has 0 spiro atoms. The molecule has 0 fully saturated rings. The minimum Gasteiger partial charge on any atom is -0.508 e. The molecular weight excluding hydrogens is 236 g/mol. The second-order valence-electron chi connectivity index (χ2n) is 4.30. The number of benzene rings is 2. The number of phenolic OH excluding ortho intramolecular Hbond substituents is 1. The molecule has 2 aromatic rings. The molecule has 2 rings (SSSR count). The lowest BCUT2D eigenvalue weighted by Gasteiger charge is -2.04. The largest absolute Gasteiger partial charge is 0.508 e. The number of phenols is 1. The molecule has 0 aliphatic heterocycles. The van der Waals surface area contributed by atoms with Crippen LogP contribution in [0.25, 0.3) is 5.57 Å². The van der Waals surface area contributed by atoms with Crippen molar-refractivity contribution in [2.45, 2.75) is 13.3 Å². The van der Waals surface area contributed by atoms with Crippen molar-refractivity contribution >= 4 is 11.4 Å². The Labute approximate surface area is 113 Å². The van der Waals surface area contributed by atoms with Gasteiger partial charge in [-0.05, 0) is 47.9 Å². The maximum atomic E-state index is 12.1. The number of aromatic hydroxyl groups is 1. The van der Waals surface area contributed by atoms with Crippen LogP contribution in [0.2, 0.25) is 0 Å². The van der Waals surface area contributed by atoms with E-state index in [1.54, 1.807) is 18.2 Å². The summed E-state index contributed by atoms with van der Waals surface area (Å²) in [6, 6.07) is 16.2. The molecular formula is C17H16O2. The average Bonchev–Trinajstić information content (AvgIpc) is 2.46. The molecule has 0 heterocycles. The zero-order chi connectivity index (χ0) is 13.7. The van der Waals surface area contributed by atoms with Crippen LogP contribution in [0.15, 0.2) is 60.7 Å². The molecule has 0 saturated heterocycles. The fraction of sp³-hybridized carbons (Fsp3) is 0.118. The Balaban J connectivity index is 2.28. The lowest BCUT2D eigenvalue weighted by atomic mass is 10.00. The van der Waals surface area contributed by atoms with Gasteiger partial charge in [-0.25, -0.2) is 0 Å². The van der Waals surface area contributed by atoms with E-state index in [0.717, 1.165) is 17.6 Å². The minimum atomic E-state index is -0.0410. The summed E-state index contributed by atoms with van der Waals surface area (Å²) in [4.78, 5) is 12.1. The molecule has 19 heavy (non-hydrogen) atoms. The lowest BCUT2D eigenvalue weighted by Crippen LogP contribution is -1.96. The third-order valence-corrected chi connectivity index (χ3v) is 2.98. The second kappa shape index (κ2) is 6.01. The molecule has 0 bridgehead atoms. The van der Waals surface area contributed by atoms with Crippen LogP contribution in [0, 0.1) is 0 Å². The highest BCUT2D eigenvalue weighted by molar-refractivity contribution is 6.08. The molecule has 0 unspecified atom stereocenters. The predicted molar refractivity (Wildman–Crippen MR) is 77.1 cm³/mol. The highest BCUT2D eigenvalue weighted by atomic mass is 16.3. The van der Waals surface area contributed by atoms with Crippen molar-refractivity contribution in [3.8, 4) is 5.75 Å². The Morgan fingerprint density at radius 3 is 2.21 bits per heavy atom. The van der Waals surface area contributed by atoms with Crippen LogP contribution in [-0.2, 0) is 0 Å². The van der Waals surface area contributed by atoms with Crippen molar-refractivity contribution in [1.82, 2.24) is 0 Å². The van der Waals surface area contributed by atoms with Crippen molar-refractivity contribution in [1.29, 1.82) is 0 Å². The van der Waals surface area contributed by atoms with E-state index < -0.39 is 0 Å². The maximum Gasteiger partial charge on any atom is 0.186 e. The lowest BCUT2D eigenvalue weighted by molar-refractivity contribution is 0.104. The fourth-order valence-electron chi connectivity index (χ4n) is 1.91. The normalized spacial score (nSPS) is 11.3. The average molecular weight is 252 g/mol. The zero-order valence-electron chi connectivity index (χ0n) is 10.8. The number of hydrogen-bond acceptors (Lipinski definition) is 2. The number of allylic oxidation sites excluding steroid dienone is 2. The number of carbonyl (C=O) groups excluding carboxylic acids is 1. The molecule has 2 aromatic carbocycles. The summed E-state index contributed by atoms with van der Waals surface area (Å²) in [5.74, 6) is 0.125. The van der Waals surface area contributed by atoms with Gasteiger partial charge in [-0.3, -0.25) is 4.79 Å². The Morgan fingerprint density at radius 1 is 1.00 bits per heavy atom. The molecule has 0 amide bonds. The first-order chi connectivity index (χ1) is 9.20. The SMILES string of the molecule is CC/C(=C/C(=O)c1ccc(O)cc1)c1ccccc1. The van der Waals surface area contributed by atoms with Crippen LogP contribution >= 0.6 is 0 Å². The van der Waals surface area contributed by atoms with Crippen LogP contribution in [0.4, 0.5) is 0 Å². The first kappa shape index (κ1) is 13.1. The first-order valence-corrected chi connectivity index (χ1v) is 6.30. The van der Waals surface area contributed by atoms with Gasteiger partial charge in [0, 0.05) is 5.56 Å². The van der Waals surface area contributed by atoms with Crippen LogP contribution in [0.1, 0.15) is 29.3 Å². The van der Waals surface area contributed by atoms with Gasteiger partial charge in [0.2, 0.25) is 0 Å². The Hall–Kier alpha value is -2.35. The number of rotatable bonds is 4. The number of ketones is 1. The van der Waals surface area contributed by atoms with Crippen molar-refractivity contribution in [2.24, 2.45) is 0 Å². The van der Waals surface area contributed by atoms with Crippen molar-refractivity contribution < 1.29 is 9.90 Å². The molecule has 0 saturated carbocycles. The Morgan fingerprint density at radius 2 is 1.63 bits per heavy atom. The van der Waals surface area contributed by atoms with Gasteiger partial charge in [0.25, 0.3) is 0 Å². The van der Waals surface area contributed by atoms with Crippen LogP contribution in [0.3, 0.4) is 0 Å². The summed E-state index contributed by atoms with van der Waals surface area (Å²) >= 11 is 0. The summed E-state index contributed by atoms with van der Waals surface area (Å²) in [5, 5.41) is 9.22. The van der Waals surface area contributed by atoms with Crippen molar-refractivity contribution in [3.05, 3.63) is 71.8 Å². The Bertz CT molecular complexity index is 580. The van der Waals surface area contributed by atoms with Gasteiger partial charge in [-0.1, -0.05) is 37.3 Å². The van der Waals surface area contributed by atoms with E-state index in [4.69, 9.17) is 0 Å². The molecule has 0 atom stereocenters. The van der Waals surface area contributed by atoms with Crippen LogP contribution in [0.5, 0.6) is 5.75 Å². The van der Waals surface area contributed by atoms with E-state index in [0.29, 0.717) is 5.56 Å². The zero-order valence-corrected chi connectivity index (χ0v) is 10.8. The van der Waals surface area contributed by atoms with Gasteiger partial charge in [0.1, 0.15) is 5.75 Å². The smallest absolute Gasteiger partial charge is 0.186 e. The summed E-state index contributed by atoms with van der Waals surface area (Å²) in [7, 11) is 0. The van der Waals surface area contributed by atoms with E-state index in [1.807, 2.05) is 37.3 Å². The van der Waals surface area contributed by atoms with Crippen molar-refractivity contribution in [3.63, 3.8) is 0 Å². The third kappa shape index (κ3) is 3.32. The maximum absolute atomic E-state index is 12.1. The van der Waals surface area contributed by atoms with E-state index in [-0.39, 0.29) is 11.5 Å². The molecule has 0 aliphatic carbocycles. The third-order valence-electron chi connectivity index (χ3n) is 2.98. The van der Waals surface area contributed by atoms with Gasteiger partial charge < -0.3 is 5.11 Å². The summed E-state index contributed by atoms with van der Waals surface area (Å²) in [6.45, 7) is 2.03. The quantitative estimate of drug-likeness (QED) is 0.658. The second-order valence-corrected chi connectivity index (χ2v) is 4.30. The molecule has 2 nitrogen and oxygen atoms in total. The van der Waals surface area contributed by atoms with E-state index in [1.165, 1.54) is 12.1 Å². The van der Waals surface area contributed by atoms with E-state index in [2.05, 4.69) is 0 Å². The fourth-order valence-corrected chi connectivity index (χ4v) is 1.91. The van der Waals surface area contributed by atoms with E-state index in [9.17, 15) is 9.90 Å². The Kier molecular flexibility index (Phi) is 4.14. The standard InChI is InChI=1S/C17H16O2/c1-2-13(14-6-4-3-5-7-14)12-17(19)15-8-10-16(18)11-9-15/h3-12,18H,2H2,1H3/b13-12-. The topological polar surface area (TPSA) is 37.3 Å². The van der Waals surface area contributed by atoms with Crippen LogP contribution < -0.4 is 0 Å². The first-order valence-electron chi connectivity index (χ1n) is 6.30. The number of carbonyl (C=O) groups is 1. The molecule has 0 aromatic heterocycles. The highest BCUT2D eigenvalue weighted by Gasteiger charge is 2.05. The van der Waals surface area contributed by atoms with Gasteiger partial charge in [-0.15, -0.1) is 0 Å². The summed E-state index contributed by atoms with van der Waals surface area (Å²) in [5.41, 5.74) is 2.66. The van der Waals surface area contributed by atoms with Gasteiger partial charge in [0.05, 0.1) is 0 Å². The van der Waals surface area contributed by atoms with Gasteiger partial charge in [-0.2, -0.15) is 0 Å². The molecule has 0 aliphatic rings. The van der Waals surface area contributed by atoms with Gasteiger partial charge >= 0.3 is 0 Å². The summed E-state index contributed by atoms with van der Waals surface area (Å²) < 4.78 is 0. The monoisotopic (exact) mass is 252 g/mol. The number of hydrogen-bond donors (Lipinski definition) is 1. The molecule has 1 N–H and O–H groups in total. The molecule has 0 radical (unpaired) electrons.